The second-order valence-corrected chi connectivity index (χ2v) is 17.3. The second kappa shape index (κ2) is 18.6. The third-order valence-electron chi connectivity index (χ3n) is 10.6. The van der Waals surface area contributed by atoms with Crippen LogP contribution in [0.25, 0.3) is 22.3 Å². The van der Waals surface area contributed by atoms with Crippen molar-refractivity contribution in [3.05, 3.63) is 226 Å². The van der Waals surface area contributed by atoms with Crippen LogP contribution in [-0.2, 0) is 0 Å². The molecule has 0 aliphatic rings. The third-order valence-corrected chi connectivity index (χ3v) is 10.6. The lowest BCUT2D eigenvalue weighted by Gasteiger charge is -2.29. The van der Waals surface area contributed by atoms with Gasteiger partial charge in [0.2, 0.25) is 0 Å². The number of hydrogen-bond acceptors (Lipinski definition) is 0. The van der Waals surface area contributed by atoms with E-state index in [0.29, 0.717) is 0 Å². The number of rotatable bonds is 4. The van der Waals surface area contributed by atoms with Crippen LogP contribution < -0.4 is 0 Å². The highest BCUT2D eigenvalue weighted by molar-refractivity contribution is 5.66. The van der Waals surface area contributed by atoms with Gasteiger partial charge in [-0.15, -0.1) is 0 Å². The lowest BCUT2D eigenvalue weighted by atomic mass is 9.74. The molecular formula is C60H50. The van der Waals surface area contributed by atoms with Crippen molar-refractivity contribution in [2.75, 3.05) is 0 Å². The molecule has 0 aromatic heterocycles. The maximum absolute atomic E-state index is 3.66. The Labute approximate surface area is 358 Å². The molecule has 0 heterocycles. The van der Waals surface area contributed by atoms with Gasteiger partial charge in [-0.3, -0.25) is 0 Å². The van der Waals surface area contributed by atoms with Crippen molar-refractivity contribution in [1.82, 2.24) is 0 Å². The fourth-order valence-electron chi connectivity index (χ4n) is 7.21. The molecule has 0 saturated heterocycles. The van der Waals surface area contributed by atoms with Gasteiger partial charge in [0, 0.05) is 33.4 Å². The van der Waals surface area contributed by atoms with Gasteiger partial charge in [-0.2, -0.15) is 0 Å². The highest BCUT2D eigenvalue weighted by Crippen LogP contribution is 2.38. The van der Waals surface area contributed by atoms with Crippen LogP contribution in [0.2, 0.25) is 0 Å². The zero-order chi connectivity index (χ0) is 42.0. The molecule has 0 fully saturated rings. The summed E-state index contributed by atoms with van der Waals surface area (Å²) in [5.41, 5.74) is 12.6. The normalized spacial score (nSPS) is 11.8. The van der Waals surface area contributed by atoms with Crippen LogP contribution in [0.1, 0.15) is 97.9 Å². The Bertz CT molecular complexity index is 2600. The van der Waals surface area contributed by atoms with Crippen molar-refractivity contribution in [3.63, 3.8) is 0 Å². The molecule has 2 atom stereocenters. The predicted molar refractivity (Wildman–Crippen MR) is 253 cm³/mol. The van der Waals surface area contributed by atoms with E-state index in [-0.39, 0.29) is 22.7 Å². The molecule has 0 spiro atoms. The Balaban J connectivity index is 1.10. The Morgan fingerprint density at radius 3 is 0.883 bits per heavy atom. The van der Waals surface area contributed by atoms with Crippen LogP contribution >= 0.6 is 0 Å². The van der Waals surface area contributed by atoms with Crippen molar-refractivity contribution in [3.8, 4) is 69.6 Å². The van der Waals surface area contributed by atoms with Crippen LogP contribution in [0.15, 0.2) is 182 Å². The molecule has 0 aliphatic heterocycles. The third kappa shape index (κ3) is 10.6. The summed E-state index contributed by atoms with van der Waals surface area (Å²) in [6.07, 6.45) is 0. The molecule has 0 aliphatic carbocycles. The van der Waals surface area contributed by atoms with Crippen LogP contribution in [0.3, 0.4) is 0 Å². The Kier molecular flexibility index (Phi) is 12.7. The van der Waals surface area contributed by atoms with Crippen LogP contribution in [0, 0.1) is 58.2 Å². The Morgan fingerprint density at radius 1 is 0.283 bits per heavy atom. The summed E-state index contributed by atoms with van der Waals surface area (Å²) in [5, 5.41) is 0. The van der Waals surface area contributed by atoms with E-state index in [1.807, 2.05) is 36.4 Å². The van der Waals surface area contributed by atoms with Gasteiger partial charge in [0.15, 0.2) is 0 Å². The summed E-state index contributed by atoms with van der Waals surface area (Å²) in [4.78, 5) is 0. The first-order valence-electron chi connectivity index (χ1n) is 20.7. The standard InChI is InChI=1S/C60H50/c1-59(2,3)57(43-41-51-23-15-13-21-49(51)31-25-45-27-33-53(34-28-45)47-17-9-7-10-18-47)55-37-39-56(40-38-55)58(60(4,5)6)44-42-52-24-16-14-22-50(52)32-26-46-29-35-54(36-30-46)48-19-11-8-12-20-48/h7-24,27-30,33-40,57-58H,1-6H3. The number of hydrogen-bond donors (Lipinski definition) is 0. The zero-order valence-electron chi connectivity index (χ0n) is 35.5. The topological polar surface area (TPSA) is 0 Å². The van der Waals surface area contributed by atoms with Gasteiger partial charge < -0.3 is 0 Å². The lowest BCUT2D eigenvalue weighted by Crippen LogP contribution is -2.19. The van der Waals surface area contributed by atoms with Gasteiger partial charge in [0.05, 0.1) is 11.8 Å². The average molecular weight is 771 g/mol. The van der Waals surface area contributed by atoms with Crippen molar-refractivity contribution in [1.29, 1.82) is 0 Å². The van der Waals surface area contributed by atoms with Gasteiger partial charge in [0.1, 0.15) is 0 Å². The first-order chi connectivity index (χ1) is 29.0. The highest BCUT2D eigenvalue weighted by atomic mass is 14.3. The molecule has 0 N–H and O–H groups in total. The SMILES string of the molecule is CC(C)(C)C(C#Cc1ccccc1C#Cc1ccc(-c2ccccc2)cc1)c1ccc(C(C#Cc2ccccc2C#Cc2ccc(-c3ccccc3)cc2)C(C)(C)C)cc1. The molecule has 0 nitrogen and oxygen atoms in total. The van der Waals surface area contributed by atoms with E-state index in [0.717, 1.165) is 33.4 Å². The summed E-state index contributed by atoms with van der Waals surface area (Å²) in [5.74, 6) is 28.0. The molecule has 7 rings (SSSR count). The van der Waals surface area contributed by atoms with E-state index in [2.05, 4.69) is 234 Å². The zero-order valence-corrected chi connectivity index (χ0v) is 35.5. The minimum Gasteiger partial charge on any atom is -0.0891 e. The molecule has 60 heavy (non-hydrogen) atoms. The minimum atomic E-state index is -0.0897. The first-order valence-corrected chi connectivity index (χ1v) is 20.7. The van der Waals surface area contributed by atoms with E-state index in [1.54, 1.807) is 0 Å². The van der Waals surface area contributed by atoms with Crippen LogP contribution in [0.5, 0.6) is 0 Å². The summed E-state index contributed by atoms with van der Waals surface area (Å²) >= 11 is 0. The molecule has 7 aromatic carbocycles. The molecule has 0 bridgehead atoms. The Morgan fingerprint density at radius 2 is 0.567 bits per heavy atom. The van der Waals surface area contributed by atoms with Crippen molar-refractivity contribution >= 4 is 0 Å². The molecule has 0 amide bonds. The summed E-state index contributed by atoms with van der Waals surface area (Å²) < 4.78 is 0. The van der Waals surface area contributed by atoms with Crippen molar-refractivity contribution in [2.45, 2.75) is 53.4 Å². The van der Waals surface area contributed by atoms with Crippen LogP contribution in [0.4, 0.5) is 0 Å². The van der Waals surface area contributed by atoms with Crippen molar-refractivity contribution < 1.29 is 0 Å². The Hall–Kier alpha value is -7.22. The first kappa shape index (κ1) is 41.0. The quantitative estimate of drug-likeness (QED) is 0.156. The summed E-state index contributed by atoms with van der Waals surface area (Å²) in [6.45, 7) is 13.6. The fourth-order valence-corrected chi connectivity index (χ4v) is 7.21. The fraction of sp³-hybridized carbons (Fsp3) is 0.167. The van der Waals surface area contributed by atoms with E-state index in [9.17, 15) is 0 Å². The van der Waals surface area contributed by atoms with E-state index >= 15 is 0 Å². The van der Waals surface area contributed by atoms with Gasteiger partial charge in [0.25, 0.3) is 0 Å². The van der Waals surface area contributed by atoms with Gasteiger partial charge >= 0.3 is 0 Å². The van der Waals surface area contributed by atoms with Gasteiger partial charge in [-0.25, -0.2) is 0 Å². The van der Waals surface area contributed by atoms with E-state index in [1.165, 1.54) is 33.4 Å². The van der Waals surface area contributed by atoms with Gasteiger partial charge in [-0.05, 0) is 92.7 Å². The number of benzene rings is 7. The summed E-state index contributed by atoms with van der Waals surface area (Å²) in [7, 11) is 0. The molecule has 0 radical (unpaired) electrons. The minimum absolute atomic E-state index is 0.0114. The largest absolute Gasteiger partial charge is 0.0891 e. The molecule has 0 heteroatoms. The average Bonchev–Trinajstić information content (AvgIpc) is 3.26. The highest BCUT2D eigenvalue weighted by Gasteiger charge is 2.27. The molecular weight excluding hydrogens is 721 g/mol. The maximum Gasteiger partial charge on any atom is 0.0504 e. The smallest absolute Gasteiger partial charge is 0.0504 e. The molecule has 290 valence electrons. The van der Waals surface area contributed by atoms with Crippen molar-refractivity contribution in [2.24, 2.45) is 10.8 Å². The molecule has 7 aromatic rings. The summed E-state index contributed by atoms with van der Waals surface area (Å²) in [6, 6.07) is 63.0. The van der Waals surface area contributed by atoms with E-state index in [4.69, 9.17) is 0 Å². The molecule has 0 saturated carbocycles. The lowest BCUT2D eigenvalue weighted by molar-refractivity contribution is 0.371. The molecule has 2 unspecified atom stereocenters. The van der Waals surface area contributed by atoms with E-state index < -0.39 is 0 Å². The van der Waals surface area contributed by atoms with Gasteiger partial charge in [-0.1, -0.05) is 222 Å². The van der Waals surface area contributed by atoms with Crippen LogP contribution in [-0.4, -0.2) is 0 Å². The monoisotopic (exact) mass is 770 g/mol. The maximum atomic E-state index is 3.66. The second-order valence-electron chi connectivity index (χ2n) is 17.3. The predicted octanol–water partition coefficient (Wildman–Crippen LogP) is 14.2.